The Hall–Kier alpha value is -3.92. The minimum atomic E-state index is -0.846. The lowest BCUT2D eigenvalue weighted by Gasteiger charge is -2.44. The van der Waals surface area contributed by atoms with Crippen molar-refractivity contribution in [2.75, 3.05) is 21.3 Å². The highest BCUT2D eigenvalue weighted by Gasteiger charge is 2.47. The van der Waals surface area contributed by atoms with Crippen molar-refractivity contribution in [1.82, 2.24) is 0 Å². The molecule has 45 heavy (non-hydrogen) atoms. The van der Waals surface area contributed by atoms with E-state index in [1.807, 2.05) is 103 Å². The Morgan fingerprint density at radius 3 is 1.29 bits per heavy atom. The molecule has 5 rings (SSSR count). The number of hydrogen-bond donors (Lipinski definition) is 1. The first-order valence-corrected chi connectivity index (χ1v) is 15.1. The van der Waals surface area contributed by atoms with Gasteiger partial charge in [0.1, 0.15) is 35.6 Å². The SMILES string of the molecule is COc1ccc(CO[C@@H]2[C@@H](OCc3ccccc3)[C@H](OCc3ccc(OC)cc3)C[C@@H](O)[C@H]2OCc2ccc(OC)cc2)cc1. The van der Waals surface area contributed by atoms with E-state index in [4.69, 9.17) is 33.2 Å². The summed E-state index contributed by atoms with van der Waals surface area (Å²) in [7, 11) is 4.92. The number of aliphatic hydroxyl groups is 1. The van der Waals surface area contributed by atoms with Gasteiger partial charge in [0.15, 0.2) is 0 Å². The highest BCUT2D eigenvalue weighted by atomic mass is 16.6. The maximum atomic E-state index is 11.5. The van der Waals surface area contributed by atoms with Gasteiger partial charge in [0.05, 0.1) is 60.0 Å². The second kappa shape index (κ2) is 16.4. The zero-order valence-corrected chi connectivity index (χ0v) is 26.0. The third-order valence-corrected chi connectivity index (χ3v) is 7.98. The van der Waals surface area contributed by atoms with E-state index in [-0.39, 0.29) is 6.61 Å². The Labute approximate surface area is 265 Å². The van der Waals surface area contributed by atoms with Crippen LogP contribution in [0.3, 0.4) is 0 Å². The van der Waals surface area contributed by atoms with Gasteiger partial charge >= 0.3 is 0 Å². The average Bonchev–Trinajstić information content (AvgIpc) is 3.10. The van der Waals surface area contributed by atoms with Gasteiger partial charge in [-0.15, -0.1) is 0 Å². The van der Waals surface area contributed by atoms with Gasteiger partial charge in [-0.1, -0.05) is 66.7 Å². The molecule has 0 bridgehead atoms. The summed E-state index contributed by atoms with van der Waals surface area (Å²) in [5.74, 6) is 2.31. The normalized spacial score (nSPS) is 21.3. The smallest absolute Gasteiger partial charge is 0.118 e. The van der Waals surface area contributed by atoms with E-state index >= 15 is 0 Å². The molecular weight excluding hydrogens is 572 g/mol. The summed E-state index contributed by atoms with van der Waals surface area (Å²) in [5, 5.41) is 11.5. The molecule has 238 valence electrons. The van der Waals surface area contributed by atoms with Crippen LogP contribution in [-0.2, 0) is 45.4 Å². The fraction of sp³-hybridized carbons (Fsp3) is 0.351. The molecule has 1 N–H and O–H groups in total. The van der Waals surface area contributed by atoms with Crippen LogP contribution in [0.15, 0.2) is 103 Å². The van der Waals surface area contributed by atoms with E-state index in [9.17, 15) is 5.11 Å². The first-order valence-electron chi connectivity index (χ1n) is 15.1. The topological polar surface area (TPSA) is 84.8 Å². The molecular formula is C37H42O8. The summed E-state index contributed by atoms with van der Waals surface area (Å²) >= 11 is 0. The van der Waals surface area contributed by atoms with Crippen molar-refractivity contribution in [2.24, 2.45) is 0 Å². The van der Waals surface area contributed by atoms with Crippen molar-refractivity contribution in [3.05, 3.63) is 125 Å². The molecule has 4 aromatic rings. The van der Waals surface area contributed by atoms with E-state index in [0.717, 1.165) is 39.5 Å². The predicted octanol–water partition coefficient (Wildman–Crippen LogP) is 6.12. The molecule has 1 saturated carbocycles. The van der Waals surface area contributed by atoms with Crippen molar-refractivity contribution in [3.63, 3.8) is 0 Å². The molecule has 8 heteroatoms. The van der Waals surface area contributed by atoms with Gasteiger partial charge in [-0.2, -0.15) is 0 Å². The monoisotopic (exact) mass is 614 g/mol. The summed E-state index contributed by atoms with van der Waals surface area (Å²) in [4.78, 5) is 0. The standard InChI is InChI=1S/C37H42O8/c1-39-30-15-9-27(10-16-30)22-42-34-21-33(38)35(43-24-28-11-17-31(40-2)18-12-28)37(36(34)44-23-26-7-5-4-6-8-26)45-25-29-13-19-32(41-3)20-14-29/h4-20,33-38H,21-25H2,1-3H3/t33-,34-,35-,36+,37+/m1/s1. The molecule has 5 atom stereocenters. The fourth-order valence-electron chi connectivity index (χ4n) is 5.40. The quantitative estimate of drug-likeness (QED) is 0.172. The van der Waals surface area contributed by atoms with E-state index in [0.29, 0.717) is 26.2 Å². The Morgan fingerprint density at radius 2 is 0.844 bits per heavy atom. The van der Waals surface area contributed by atoms with Crippen molar-refractivity contribution in [3.8, 4) is 17.2 Å². The van der Waals surface area contributed by atoms with E-state index in [1.54, 1.807) is 21.3 Å². The summed E-state index contributed by atoms with van der Waals surface area (Å²) < 4.78 is 42.0. The number of hydrogen-bond acceptors (Lipinski definition) is 8. The number of rotatable bonds is 15. The van der Waals surface area contributed by atoms with E-state index in [1.165, 1.54) is 0 Å². The molecule has 0 radical (unpaired) electrons. The molecule has 1 fully saturated rings. The molecule has 0 spiro atoms. The molecule has 0 unspecified atom stereocenters. The van der Waals surface area contributed by atoms with Crippen LogP contribution >= 0.6 is 0 Å². The van der Waals surface area contributed by atoms with Crippen LogP contribution in [0.5, 0.6) is 17.2 Å². The van der Waals surface area contributed by atoms with Gasteiger partial charge in [0, 0.05) is 6.42 Å². The third kappa shape index (κ3) is 9.06. The second-order valence-corrected chi connectivity index (χ2v) is 11.0. The number of methoxy groups -OCH3 is 3. The van der Waals surface area contributed by atoms with Crippen LogP contribution in [0.1, 0.15) is 28.7 Å². The van der Waals surface area contributed by atoms with Crippen molar-refractivity contribution < 1.29 is 38.3 Å². The Bertz CT molecular complexity index is 1410. The fourth-order valence-corrected chi connectivity index (χ4v) is 5.40. The van der Waals surface area contributed by atoms with Gasteiger partial charge in [-0.05, 0) is 58.7 Å². The molecule has 1 aliphatic carbocycles. The summed E-state index contributed by atoms with van der Waals surface area (Å²) in [6.45, 7) is 1.28. The minimum absolute atomic E-state index is 0.289. The number of ether oxygens (including phenoxy) is 7. The maximum absolute atomic E-state index is 11.5. The molecule has 0 aromatic heterocycles. The molecule has 8 nitrogen and oxygen atoms in total. The first kappa shape index (κ1) is 32.5. The lowest BCUT2D eigenvalue weighted by Crippen LogP contribution is -2.59. The van der Waals surface area contributed by atoms with Gasteiger partial charge < -0.3 is 38.3 Å². The number of benzene rings is 4. The lowest BCUT2D eigenvalue weighted by atomic mass is 9.86. The van der Waals surface area contributed by atoms with Crippen LogP contribution in [0.25, 0.3) is 0 Å². The molecule has 0 aliphatic heterocycles. The zero-order valence-electron chi connectivity index (χ0n) is 26.0. The summed E-state index contributed by atoms with van der Waals surface area (Å²) in [6, 6.07) is 33.1. The predicted molar refractivity (Wildman–Crippen MR) is 170 cm³/mol. The molecule has 1 aliphatic rings. The maximum Gasteiger partial charge on any atom is 0.118 e. The zero-order chi connectivity index (χ0) is 31.4. The van der Waals surface area contributed by atoms with Crippen molar-refractivity contribution in [2.45, 2.75) is 63.4 Å². The van der Waals surface area contributed by atoms with Crippen molar-refractivity contribution in [1.29, 1.82) is 0 Å². The molecule has 4 aromatic carbocycles. The van der Waals surface area contributed by atoms with Crippen LogP contribution < -0.4 is 14.2 Å². The molecule has 0 saturated heterocycles. The molecule has 0 heterocycles. The minimum Gasteiger partial charge on any atom is -0.497 e. The van der Waals surface area contributed by atoms with Crippen LogP contribution in [0.4, 0.5) is 0 Å². The average molecular weight is 615 g/mol. The van der Waals surface area contributed by atoms with Gasteiger partial charge in [0.25, 0.3) is 0 Å². The Kier molecular flexibility index (Phi) is 11.8. The van der Waals surface area contributed by atoms with Crippen molar-refractivity contribution >= 4 is 0 Å². The van der Waals surface area contributed by atoms with Crippen LogP contribution in [-0.4, -0.2) is 57.0 Å². The number of aliphatic hydroxyl groups excluding tert-OH is 1. The summed E-state index contributed by atoms with van der Waals surface area (Å²) in [6.07, 6.45) is -2.78. The largest absolute Gasteiger partial charge is 0.497 e. The van der Waals surface area contributed by atoms with Crippen LogP contribution in [0, 0.1) is 0 Å². The Balaban J connectivity index is 1.39. The lowest BCUT2D eigenvalue weighted by molar-refractivity contribution is -0.240. The highest BCUT2D eigenvalue weighted by Crippen LogP contribution is 2.33. The van der Waals surface area contributed by atoms with Crippen LogP contribution in [0.2, 0.25) is 0 Å². The Morgan fingerprint density at radius 1 is 0.467 bits per heavy atom. The first-order chi connectivity index (χ1) is 22.1. The van der Waals surface area contributed by atoms with Gasteiger partial charge in [-0.25, -0.2) is 0 Å². The third-order valence-electron chi connectivity index (χ3n) is 7.98. The second-order valence-electron chi connectivity index (χ2n) is 11.0. The van der Waals surface area contributed by atoms with E-state index in [2.05, 4.69) is 0 Å². The highest BCUT2D eigenvalue weighted by molar-refractivity contribution is 5.28. The summed E-state index contributed by atoms with van der Waals surface area (Å²) in [5.41, 5.74) is 3.93. The van der Waals surface area contributed by atoms with Gasteiger partial charge in [0.2, 0.25) is 0 Å². The van der Waals surface area contributed by atoms with Gasteiger partial charge in [-0.3, -0.25) is 0 Å². The van der Waals surface area contributed by atoms with E-state index < -0.39 is 30.5 Å². The molecule has 0 amide bonds.